The Morgan fingerprint density at radius 2 is 1.76 bits per heavy atom. The molecular weight excluding hydrogens is 454 g/mol. The molecule has 0 saturated carbocycles. The van der Waals surface area contributed by atoms with Crippen LogP contribution >= 0.6 is 11.6 Å². The molecule has 9 nitrogen and oxygen atoms in total. The van der Waals surface area contributed by atoms with E-state index in [2.05, 4.69) is 15.4 Å². The number of carbonyl (C=O) groups is 1. The minimum atomic E-state index is -0.898. The first-order chi connectivity index (χ1) is 16.4. The number of nitrogens with zero attached hydrogens (tertiary/aromatic N) is 6. The van der Waals surface area contributed by atoms with Crippen LogP contribution in [0.3, 0.4) is 0 Å². The van der Waals surface area contributed by atoms with Crippen molar-refractivity contribution >= 4 is 34.2 Å². The molecule has 1 atom stereocenters. The molecular formula is C24H20ClN7O2. The third kappa shape index (κ3) is 3.75. The van der Waals surface area contributed by atoms with E-state index in [1.165, 1.54) is 10.9 Å². The monoisotopic (exact) mass is 473 g/mol. The number of carbonyl (C=O) groups excluding carboxylic acids is 1. The zero-order chi connectivity index (χ0) is 23.8. The Kier molecular flexibility index (Phi) is 5.46. The fourth-order valence-corrected chi connectivity index (χ4v) is 3.86. The molecule has 0 saturated heterocycles. The Morgan fingerprint density at radius 1 is 1.03 bits per heavy atom. The maximum Gasteiger partial charge on any atom is 0.280 e. The van der Waals surface area contributed by atoms with Gasteiger partial charge >= 0.3 is 0 Å². The maximum atomic E-state index is 13.7. The normalized spacial score (nSPS) is 12.1. The molecule has 4 aromatic heterocycles. The van der Waals surface area contributed by atoms with Crippen molar-refractivity contribution in [3.05, 3.63) is 94.3 Å². The first kappa shape index (κ1) is 21.6. The molecule has 0 aliphatic rings. The van der Waals surface area contributed by atoms with Crippen LogP contribution in [0.25, 0.3) is 22.4 Å². The molecule has 0 aliphatic heterocycles. The SMILES string of the molecule is Cc1nn(C(C)C(=O)Nc2ccc(Cl)cn2)c(=O)c2c(-n3cccc3)n(-c3ccccc3)nc12. The third-order valence-electron chi connectivity index (χ3n) is 5.46. The predicted octanol–water partition coefficient (Wildman–Crippen LogP) is 3.93. The lowest BCUT2D eigenvalue weighted by molar-refractivity contribution is -0.119. The average Bonchev–Trinajstić information content (AvgIpc) is 3.51. The molecule has 1 aromatic carbocycles. The number of amides is 1. The maximum absolute atomic E-state index is 13.7. The number of halogens is 1. The third-order valence-corrected chi connectivity index (χ3v) is 5.68. The van der Waals surface area contributed by atoms with Gasteiger partial charge in [0.05, 0.1) is 16.4 Å². The lowest BCUT2D eigenvalue weighted by atomic mass is 10.2. The molecule has 170 valence electrons. The quantitative estimate of drug-likeness (QED) is 0.417. The highest BCUT2D eigenvalue weighted by Crippen LogP contribution is 2.25. The smallest absolute Gasteiger partial charge is 0.280 e. The van der Waals surface area contributed by atoms with Gasteiger partial charge in [0.15, 0.2) is 5.82 Å². The summed E-state index contributed by atoms with van der Waals surface area (Å²) in [4.78, 5) is 30.7. The fourth-order valence-electron chi connectivity index (χ4n) is 3.75. The highest BCUT2D eigenvalue weighted by atomic mass is 35.5. The topological polar surface area (TPSA) is 99.6 Å². The summed E-state index contributed by atoms with van der Waals surface area (Å²) >= 11 is 5.86. The van der Waals surface area contributed by atoms with E-state index in [0.29, 0.717) is 33.3 Å². The van der Waals surface area contributed by atoms with E-state index >= 15 is 0 Å². The molecule has 1 unspecified atom stereocenters. The van der Waals surface area contributed by atoms with E-state index in [1.807, 2.05) is 59.4 Å². The number of anilines is 1. The number of rotatable bonds is 5. The molecule has 0 fully saturated rings. The van der Waals surface area contributed by atoms with E-state index in [0.717, 1.165) is 5.69 Å². The Bertz CT molecular complexity index is 1540. The Balaban J connectivity index is 1.66. The van der Waals surface area contributed by atoms with E-state index in [-0.39, 0.29) is 0 Å². The van der Waals surface area contributed by atoms with Crippen molar-refractivity contribution in [2.24, 2.45) is 0 Å². The van der Waals surface area contributed by atoms with Crippen molar-refractivity contribution < 1.29 is 4.79 Å². The number of para-hydroxylation sites is 1. The lowest BCUT2D eigenvalue weighted by Crippen LogP contribution is -2.34. The molecule has 5 rings (SSSR count). The van der Waals surface area contributed by atoms with E-state index in [1.54, 1.807) is 30.7 Å². The van der Waals surface area contributed by atoms with Crippen LogP contribution in [0.1, 0.15) is 18.7 Å². The molecule has 1 N–H and O–H groups in total. The van der Waals surface area contributed by atoms with Crippen molar-refractivity contribution in [3.63, 3.8) is 0 Å². The van der Waals surface area contributed by atoms with Crippen LogP contribution in [-0.2, 0) is 4.79 Å². The highest BCUT2D eigenvalue weighted by molar-refractivity contribution is 6.30. The average molecular weight is 474 g/mol. The lowest BCUT2D eigenvalue weighted by Gasteiger charge is -2.15. The number of fused-ring (bicyclic) bond motifs is 1. The molecule has 10 heteroatoms. The van der Waals surface area contributed by atoms with Crippen LogP contribution < -0.4 is 10.9 Å². The van der Waals surface area contributed by atoms with Gasteiger partial charge in [-0.25, -0.2) is 14.3 Å². The van der Waals surface area contributed by atoms with Gasteiger partial charge in [-0.05, 0) is 50.2 Å². The fraction of sp³-hybridized carbons (Fsp3) is 0.125. The van der Waals surface area contributed by atoms with Crippen molar-refractivity contribution in [2.75, 3.05) is 5.32 Å². The van der Waals surface area contributed by atoms with E-state index in [4.69, 9.17) is 16.7 Å². The van der Waals surface area contributed by atoms with Crippen LogP contribution in [-0.4, -0.2) is 35.0 Å². The van der Waals surface area contributed by atoms with Crippen LogP contribution in [0.2, 0.25) is 5.02 Å². The predicted molar refractivity (Wildman–Crippen MR) is 130 cm³/mol. The molecule has 0 spiro atoms. The van der Waals surface area contributed by atoms with Gasteiger partial charge < -0.3 is 9.88 Å². The number of benzene rings is 1. The second-order valence-electron chi connectivity index (χ2n) is 7.75. The summed E-state index contributed by atoms with van der Waals surface area (Å²) in [6.07, 6.45) is 5.12. The van der Waals surface area contributed by atoms with Gasteiger partial charge in [-0.1, -0.05) is 29.8 Å². The van der Waals surface area contributed by atoms with Crippen molar-refractivity contribution in [2.45, 2.75) is 19.9 Å². The van der Waals surface area contributed by atoms with E-state index < -0.39 is 17.5 Å². The van der Waals surface area contributed by atoms with Gasteiger partial charge in [0, 0.05) is 18.6 Å². The number of hydrogen-bond donors (Lipinski definition) is 1. The molecule has 34 heavy (non-hydrogen) atoms. The Hall–Kier alpha value is -4.24. The van der Waals surface area contributed by atoms with Gasteiger partial charge in [0.1, 0.15) is 22.8 Å². The number of pyridine rings is 1. The first-order valence-electron chi connectivity index (χ1n) is 10.6. The molecule has 0 aliphatic carbocycles. The number of nitrogens with one attached hydrogen (secondary N) is 1. The van der Waals surface area contributed by atoms with Gasteiger partial charge in [-0.2, -0.15) is 10.2 Å². The summed E-state index contributed by atoms with van der Waals surface area (Å²) in [6, 6.07) is 15.6. The highest BCUT2D eigenvalue weighted by Gasteiger charge is 2.25. The zero-order valence-electron chi connectivity index (χ0n) is 18.4. The summed E-state index contributed by atoms with van der Waals surface area (Å²) in [7, 11) is 0. The summed E-state index contributed by atoms with van der Waals surface area (Å²) in [6.45, 7) is 3.38. The molecule has 0 radical (unpaired) electrons. The summed E-state index contributed by atoms with van der Waals surface area (Å²) < 4.78 is 4.73. The van der Waals surface area contributed by atoms with Crippen LogP contribution in [0, 0.1) is 6.92 Å². The zero-order valence-corrected chi connectivity index (χ0v) is 19.1. The van der Waals surface area contributed by atoms with Gasteiger partial charge in [-0.15, -0.1) is 0 Å². The first-order valence-corrected chi connectivity index (χ1v) is 10.9. The standard InChI is InChI=1S/C24H20ClN7O2/c1-15-21-20(23(30-12-6-7-13-30)32(29-21)18-8-4-3-5-9-18)24(34)31(28-15)16(2)22(33)27-19-11-10-17(25)14-26-19/h3-14,16H,1-2H3,(H,26,27,33). The van der Waals surface area contributed by atoms with Crippen LogP contribution in [0.5, 0.6) is 0 Å². The Morgan fingerprint density at radius 3 is 2.44 bits per heavy atom. The van der Waals surface area contributed by atoms with Crippen molar-refractivity contribution in [1.29, 1.82) is 0 Å². The molecule has 0 bridgehead atoms. The minimum Gasteiger partial charge on any atom is -0.309 e. The van der Waals surface area contributed by atoms with Crippen molar-refractivity contribution in [3.8, 4) is 11.5 Å². The van der Waals surface area contributed by atoms with Crippen LogP contribution in [0.4, 0.5) is 5.82 Å². The summed E-state index contributed by atoms with van der Waals surface area (Å²) in [5.74, 6) is 0.473. The van der Waals surface area contributed by atoms with Gasteiger partial charge in [0.25, 0.3) is 5.56 Å². The van der Waals surface area contributed by atoms with Gasteiger partial charge in [0.2, 0.25) is 5.91 Å². The summed E-state index contributed by atoms with van der Waals surface area (Å²) in [5, 5.41) is 12.7. The molecule has 1 amide bonds. The summed E-state index contributed by atoms with van der Waals surface area (Å²) in [5.41, 5.74) is 1.38. The molecule has 4 heterocycles. The van der Waals surface area contributed by atoms with Crippen LogP contribution in [0.15, 0.2) is 78.0 Å². The van der Waals surface area contributed by atoms with E-state index in [9.17, 15) is 9.59 Å². The minimum absolute atomic E-state index is 0.331. The largest absolute Gasteiger partial charge is 0.309 e. The second-order valence-corrected chi connectivity index (χ2v) is 8.18. The second kappa shape index (κ2) is 8.60. The number of aryl methyl sites for hydroxylation is 1. The number of hydrogen-bond acceptors (Lipinski definition) is 5. The molecule has 5 aromatic rings. The van der Waals surface area contributed by atoms with Crippen molar-refractivity contribution in [1.82, 2.24) is 29.1 Å². The van der Waals surface area contributed by atoms with Gasteiger partial charge in [-0.3, -0.25) is 9.59 Å². The number of aromatic nitrogens is 6. The Labute approximate surface area is 199 Å².